The van der Waals surface area contributed by atoms with Crippen molar-refractivity contribution >= 4 is 0 Å². The number of hydrogen-bond acceptors (Lipinski definition) is 3. The summed E-state index contributed by atoms with van der Waals surface area (Å²) in [6.45, 7) is 2.96. The van der Waals surface area contributed by atoms with Gasteiger partial charge in [-0.15, -0.1) is 0 Å². The number of methoxy groups -OCH3 is 2. The van der Waals surface area contributed by atoms with Crippen LogP contribution < -0.4 is 14.8 Å². The second kappa shape index (κ2) is 6.48. The van der Waals surface area contributed by atoms with Crippen LogP contribution in [-0.4, -0.2) is 18.8 Å². The van der Waals surface area contributed by atoms with Crippen molar-refractivity contribution in [2.24, 2.45) is 7.05 Å². The van der Waals surface area contributed by atoms with Gasteiger partial charge in [-0.1, -0.05) is 6.07 Å². The predicted molar refractivity (Wildman–Crippen MR) is 80.2 cm³/mol. The topological polar surface area (TPSA) is 35.4 Å². The Hall–Kier alpha value is -1.94. The number of rotatable bonds is 6. The first-order valence-electron chi connectivity index (χ1n) is 6.70. The van der Waals surface area contributed by atoms with Crippen LogP contribution in [0.3, 0.4) is 0 Å². The van der Waals surface area contributed by atoms with E-state index in [1.165, 1.54) is 5.56 Å². The third kappa shape index (κ3) is 3.33. The second-order valence-corrected chi connectivity index (χ2v) is 4.90. The maximum Gasteiger partial charge on any atom is 0.127 e. The molecule has 0 aliphatic heterocycles. The van der Waals surface area contributed by atoms with E-state index in [4.69, 9.17) is 9.47 Å². The van der Waals surface area contributed by atoms with Gasteiger partial charge in [0.1, 0.15) is 11.5 Å². The molecule has 4 heteroatoms. The molecule has 1 heterocycles. The smallest absolute Gasteiger partial charge is 0.127 e. The molecule has 1 N–H and O–H groups in total. The number of hydrogen-bond donors (Lipinski definition) is 1. The first kappa shape index (κ1) is 14.5. The monoisotopic (exact) mass is 274 g/mol. The Morgan fingerprint density at radius 2 is 2.00 bits per heavy atom. The number of benzene rings is 1. The lowest BCUT2D eigenvalue weighted by atomic mass is 10.1. The van der Waals surface area contributed by atoms with E-state index >= 15 is 0 Å². The third-order valence-corrected chi connectivity index (χ3v) is 3.41. The van der Waals surface area contributed by atoms with Crippen LogP contribution in [0.1, 0.15) is 24.1 Å². The molecule has 0 saturated heterocycles. The van der Waals surface area contributed by atoms with Gasteiger partial charge in [0.15, 0.2) is 0 Å². The van der Waals surface area contributed by atoms with Crippen LogP contribution in [0.5, 0.6) is 11.5 Å². The minimum absolute atomic E-state index is 0.205. The van der Waals surface area contributed by atoms with Gasteiger partial charge in [-0.05, 0) is 24.6 Å². The molecule has 0 amide bonds. The highest BCUT2D eigenvalue weighted by Crippen LogP contribution is 2.29. The Labute approximate surface area is 120 Å². The Kier molecular flexibility index (Phi) is 4.69. The van der Waals surface area contributed by atoms with Crippen molar-refractivity contribution in [1.29, 1.82) is 0 Å². The number of ether oxygens (including phenoxy) is 2. The molecular weight excluding hydrogens is 252 g/mol. The van der Waals surface area contributed by atoms with E-state index in [0.717, 1.165) is 23.6 Å². The zero-order chi connectivity index (χ0) is 14.5. The van der Waals surface area contributed by atoms with Gasteiger partial charge in [-0.25, -0.2) is 0 Å². The minimum atomic E-state index is 0.205. The maximum atomic E-state index is 5.44. The Morgan fingerprint density at radius 1 is 1.20 bits per heavy atom. The molecule has 4 nitrogen and oxygen atoms in total. The molecule has 1 aromatic carbocycles. The van der Waals surface area contributed by atoms with Crippen LogP contribution in [0.15, 0.2) is 36.7 Å². The van der Waals surface area contributed by atoms with E-state index in [9.17, 15) is 0 Å². The quantitative estimate of drug-likeness (QED) is 0.879. The molecule has 2 aromatic rings. The number of aryl methyl sites for hydroxylation is 1. The van der Waals surface area contributed by atoms with Crippen molar-refractivity contribution in [2.45, 2.75) is 19.5 Å². The zero-order valence-electron chi connectivity index (χ0n) is 12.5. The van der Waals surface area contributed by atoms with Crippen molar-refractivity contribution in [3.63, 3.8) is 0 Å². The van der Waals surface area contributed by atoms with Gasteiger partial charge in [0.2, 0.25) is 0 Å². The van der Waals surface area contributed by atoms with Crippen molar-refractivity contribution in [3.8, 4) is 11.5 Å². The van der Waals surface area contributed by atoms with Crippen molar-refractivity contribution in [1.82, 2.24) is 9.88 Å². The van der Waals surface area contributed by atoms with Crippen molar-refractivity contribution < 1.29 is 9.47 Å². The zero-order valence-corrected chi connectivity index (χ0v) is 12.5. The summed E-state index contributed by atoms with van der Waals surface area (Å²) in [6, 6.07) is 8.23. The predicted octanol–water partition coefficient (Wildman–Crippen LogP) is 2.89. The number of nitrogens with one attached hydrogen (secondary N) is 1. The molecule has 20 heavy (non-hydrogen) atoms. The fraction of sp³-hybridized carbons (Fsp3) is 0.375. The average molecular weight is 274 g/mol. The molecule has 2 rings (SSSR count). The lowest BCUT2D eigenvalue weighted by Crippen LogP contribution is -2.18. The SMILES string of the molecule is COc1ccc(C(C)NCc2ccn(C)c2)c(OC)c1. The molecule has 0 aliphatic carbocycles. The summed E-state index contributed by atoms with van der Waals surface area (Å²) in [4.78, 5) is 0. The molecule has 1 unspecified atom stereocenters. The van der Waals surface area contributed by atoms with Crippen LogP contribution >= 0.6 is 0 Å². The molecule has 0 spiro atoms. The standard InChI is InChI=1S/C16H22N2O2/c1-12(17-10-13-7-8-18(2)11-13)15-6-5-14(19-3)9-16(15)20-4/h5-9,11-12,17H,10H2,1-4H3. The average Bonchev–Trinajstić information content (AvgIpc) is 2.89. The highest BCUT2D eigenvalue weighted by atomic mass is 16.5. The molecule has 0 fully saturated rings. The van der Waals surface area contributed by atoms with E-state index in [1.54, 1.807) is 14.2 Å². The van der Waals surface area contributed by atoms with Gasteiger partial charge < -0.3 is 19.4 Å². The summed E-state index contributed by atoms with van der Waals surface area (Å²) in [5.74, 6) is 1.65. The van der Waals surface area contributed by atoms with E-state index < -0.39 is 0 Å². The van der Waals surface area contributed by atoms with Crippen LogP contribution in [0.2, 0.25) is 0 Å². The fourth-order valence-corrected chi connectivity index (χ4v) is 2.22. The molecule has 0 bridgehead atoms. The van der Waals surface area contributed by atoms with E-state index in [0.29, 0.717) is 0 Å². The summed E-state index contributed by atoms with van der Waals surface area (Å²) >= 11 is 0. The first-order valence-corrected chi connectivity index (χ1v) is 6.70. The lowest BCUT2D eigenvalue weighted by molar-refractivity contribution is 0.386. The van der Waals surface area contributed by atoms with E-state index in [1.807, 2.05) is 25.2 Å². The Morgan fingerprint density at radius 3 is 2.60 bits per heavy atom. The van der Waals surface area contributed by atoms with Crippen LogP contribution in [-0.2, 0) is 13.6 Å². The van der Waals surface area contributed by atoms with Crippen LogP contribution in [0.25, 0.3) is 0 Å². The second-order valence-electron chi connectivity index (χ2n) is 4.90. The molecule has 1 aromatic heterocycles. The molecule has 0 aliphatic rings. The molecular formula is C16H22N2O2. The number of nitrogens with zero attached hydrogens (tertiary/aromatic N) is 1. The van der Waals surface area contributed by atoms with Crippen LogP contribution in [0, 0.1) is 0 Å². The summed E-state index contributed by atoms with van der Waals surface area (Å²) in [7, 11) is 5.37. The van der Waals surface area contributed by atoms with E-state index in [-0.39, 0.29) is 6.04 Å². The normalized spacial score (nSPS) is 12.2. The van der Waals surface area contributed by atoms with Gasteiger partial charge in [0, 0.05) is 43.7 Å². The number of aromatic nitrogens is 1. The van der Waals surface area contributed by atoms with Crippen LogP contribution in [0.4, 0.5) is 0 Å². The fourth-order valence-electron chi connectivity index (χ4n) is 2.22. The lowest BCUT2D eigenvalue weighted by Gasteiger charge is -2.17. The van der Waals surface area contributed by atoms with Gasteiger partial charge in [0.05, 0.1) is 14.2 Å². The summed E-state index contributed by atoms with van der Waals surface area (Å²) in [5.41, 5.74) is 2.40. The first-order chi connectivity index (χ1) is 9.63. The van der Waals surface area contributed by atoms with E-state index in [2.05, 4.69) is 35.3 Å². The molecule has 1 atom stereocenters. The summed E-state index contributed by atoms with van der Waals surface area (Å²) in [6.07, 6.45) is 4.17. The largest absolute Gasteiger partial charge is 0.497 e. The highest BCUT2D eigenvalue weighted by molar-refractivity contribution is 5.42. The summed E-state index contributed by atoms with van der Waals surface area (Å²) in [5, 5.41) is 3.51. The van der Waals surface area contributed by atoms with Gasteiger partial charge in [0.25, 0.3) is 0 Å². The minimum Gasteiger partial charge on any atom is -0.497 e. The third-order valence-electron chi connectivity index (χ3n) is 3.41. The van der Waals surface area contributed by atoms with Gasteiger partial charge >= 0.3 is 0 Å². The maximum absolute atomic E-state index is 5.44. The van der Waals surface area contributed by atoms with Gasteiger partial charge in [-0.2, -0.15) is 0 Å². The van der Waals surface area contributed by atoms with Gasteiger partial charge in [-0.3, -0.25) is 0 Å². The van der Waals surface area contributed by atoms with Crippen molar-refractivity contribution in [2.75, 3.05) is 14.2 Å². The Balaban J connectivity index is 2.06. The molecule has 0 saturated carbocycles. The highest BCUT2D eigenvalue weighted by Gasteiger charge is 2.12. The van der Waals surface area contributed by atoms with Crippen molar-refractivity contribution in [3.05, 3.63) is 47.8 Å². The summed E-state index contributed by atoms with van der Waals surface area (Å²) < 4.78 is 12.7. The Bertz CT molecular complexity index is 563. The molecule has 0 radical (unpaired) electrons. The molecule has 108 valence electrons.